The largest absolute Gasteiger partial charge is 0.410 e. The Hall–Kier alpha value is -3.33. The van der Waals surface area contributed by atoms with Gasteiger partial charge in [-0.05, 0) is 11.1 Å². The third kappa shape index (κ3) is 4.52. The summed E-state index contributed by atoms with van der Waals surface area (Å²) in [6.45, 7) is 3.24. The first-order valence-electron chi connectivity index (χ1n) is 11.4. The molecule has 1 fully saturated rings. The summed E-state index contributed by atoms with van der Waals surface area (Å²) >= 11 is 0. The number of carbonyl (C=O) groups is 1. The number of fused-ring (bicyclic) bond motifs is 1. The quantitative estimate of drug-likeness (QED) is 0.611. The average molecular weight is 470 g/mol. The normalized spacial score (nSPS) is 21.1. The number of nitrogens with zero attached hydrogens (tertiary/aromatic N) is 4. The number of aromatic nitrogens is 2. The Kier molecular flexibility index (Phi) is 6.03. The zero-order valence-electron chi connectivity index (χ0n) is 18.6. The maximum absolute atomic E-state index is 13.9. The van der Waals surface area contributed by atoms with Gasteiger partial charge in [0.05, 0.1) is 12.2 Å². The number of nitrogens with one attached hydrogen (secondary N) is 1. The molecule has 2 aromatic carbocycles. The molecule has 0 bridgehead atoms. The van der Waals surface area contributed by atoms with E-state index >= 15 is 0 Å². The molecule has 3 heterocycles. The van der Waals surface area contributed by atoms with Gasteiger partial charge in [-0.25, -0.2) is 4.68 Å². The number of halogens is 3. The molecule has 1 N–H and O–H groups in total. The number of benzene rings is 2. The van der Waals surface area contributed by atoms with Gasteiger partial charge in [-0.3, -0.25) is 9.69 Å². The summed E-state index contributed by atoms with van der Waals surface area (Å²) in [7, 11) is 0. The predicted octanol–water partition coefficient (Wildman–Crippen LogP) is 4.50. The molecular weight excluding hydrogens is 443 g/mol. The van der Waals surface area contributed by atoms with E-state index in [9.17, 15) is 18.0 Å². The van der Waals surface area contributed by atoms with Crippen molar-refractivity contribution in [2.45, 2.75) is 31.2 Å². The molecular formula is C25H26F3N5O. The maximum Gasteiger partial charge on any atom is 0.410 e. The molecule has 1 saturated heterocycles. The van der Waals surface area contributed by atoms with Crippen LogP contribution in [0.5, 0.6) is 0 Å². The number of amides is 1. The Morgan fingerprint density at radius 3 is 2.26 bits per heavy atom. The SMILES string of the molecule is O=C(c1cnn2c1N[C@@H](c1ccccc1)C[C@H]2C(F)(F)F)N1CCN(Cc2ccccc2)CC1. The van der Waals surface area contributed by atoms with Crippen LogP contribution in [0.15, 0.2) is 66.9 Å². The summed E-state index contributed by atoms with van der Waals surface area (Å²) in [6, 6.07) is 16.8. The minimum atomic E-state index is -4.47. The molecule has 1 aromatic heterocycles. The van der Waals surface area contributed by atoms with Gasteiger partial charge in [0.2, 0.25) is 0 Å². The Morgan fingerprint density at radius 1 is 0.971 bits per heavy atom. The van der Waals surface area contributed by atoms with Crippen molar-refractivity contribution in [2.24, 2.45) is 0 Å². The highest BCUT2D eigenvalue weighted by atomic mass is 19.4. The van der Waals surface area contributed by atoms with Crippen LogP contribution in [-0.4, -0.2) is 57.8 Å². The Morgan fingerprint density at radius 2 is 1.62 bits per heavy atom. The van der Waals surface area contributed by atoms with Crippen molar-refractivity contribution in [2.75, 3.05) is 31.5 Å². The van der Waals surface area contributed by atoms with E-state index < -0.39 is 18.3 Å². The van der Waals surface area contributed by atoms with E-state index in [1.165, 1.54) is 11.8 Å². The Labute approximate surface area is 196 Å². The molecule has 0 aliphatic carbocycles. The molecule has 2 aliphatic heterocycles. The molecule has 0 radical (unpaired) electrons. The second kappa shape index (κ2) is 9.13. The highest BCUT2D eigenvalue weighted by molar-refractivity contribution is 5.99. The molecule has 2 aliphatic rings. The van der Waals surface area contributed by atoms with Crippen LogP contribution in [0.1, 0.15) is 40.0 Å². The highest BCUT2D eigenvalue weighted by Crippen LogP contribution is 2.44. The summed E-state index contributed by atoms with van der Waals surface area (Å²) in [5.74, 6) is -0.151. The molecule has 6 nitrogen and oxygen atoms in total. The van der Waals surface area contributed by atoms with Crippen molar-refractivity contribution >= 4 is 11.7 Å². The fraction of sp³-hybridized carbons (Fsp3) is 0.360. The number of hydrogen-bond donors (Lipinski definition) is 1. The summed E-state index contributed by atoms with van der Waals surface area (Å²) in [5, 5.41) is 7.16. The second-order valence-electron chi connectivity index (χ2n) is 8.81. The van der Waals surface area contributed by atoms with Crippen molar-refractivity contribution in [3.05, 3.63) is 83.6 Å². The van der Waals surface area contributed by atoms with Gasteiger partial charge in [-0.15, -0.1) is 0 Å². The monoisotopic (exact) mass is 469 g/mol. The summed E-state index contributed by atoms with van der Waals surface area (Å²) in [4.78, 5) is 17.3. The number of carbonyl (C=O) groups excluding carboxylic acids is 1. The fourth-order valence-corrected chi connectivity index (χ4v) is 4.74. The van der Waals surface area contributed by atoms with Crippen LogP contribution in [0.2, 0.25) is 0 Å². The van der Waals surface area contributed by atoms with E-state index in [4.69, 9.17) is 0 Å². The van der Waals surface area contributed by atoms with Crippen LogP contribution in [0.4, 0.5) is 19.0 Å². The first kappa shape index (κ1) is 22.5. The van der Waals surface area contributed by atoms with Gasteiger partial charge in [-0.2, -0.15) is 18.3 Å². The molecule has 0 saturated carbocycles. The van der Waals surface area contributed by atoms with Crippen molar-refractivity contribution in [1.29, 1.82) is 0 Å². The van der Waals surface area contributed by atoms with Gasteiger partial charge < -0.3 is 10.2 Å². The second-order valence-corrected chi connectivity index (χ2v) is 8.81. The molecule has 9 heteroatoms. The molecule has 1 amide bonds. The fourth-order valence-electron chi connectivity index (χ4n) is 4.74. The lowest BCUT2D eigenvalue weighted by Gasteiger charge is -2.36. The molecule has 0 unspecified atom stereocenters. The van der Waals surface area contributed by atoms with Gasteiger partial charge in [-0.1, -0.05) is 60.7 Å². The number of piperazine rings is 1. The van der Waals surface area contributed by atoms with E-state index in [0.29, 0.717) is 26.2 Å². The van der Waals surface area contributed by atoms with E-state index in [0.717, 1.165) is 16.8 Å². The van der Waals surface area contributed by atoms with Crippen LogP contribution in [0, 0.1) is 0 Å². The molecule has 0 spiro atoms. The van der Waals surface area contributed by atoms with Crippen molar-refractivity contribution in [3.8, 4) is 0 Å². The van der Waals surface area contributed by atoms with Crippen LogP contribution in [0.3, 0.4) is 0 Å². The lowest BCUT2D eigenvalue weighted by molar-refractivity contribution is -0.173. The minimum Gasteiger partial charge on any atom is -0.363 e. The van der Waals surface area contributed by atoms with E-state index in [1.54, 1.807) is 29.2 Å². The first-order valence-corrected chi connectivity index (χ1v) is 11.4. The number of alkyl halides is 3. The number of anilines is 1. The van der Waals surface area contributed by atoms with E-state index in [1.807, 2.05) is 24.3 Å². The molecule has 2 atom stereocenters. The standard InChI is InChI=1S/C25H26F3N5O/c26-25(27,28)22-15-21(19-9-5-2-6-10-19)30-23-20(16-29-33(22)23)24(34)32-13-11-31(12-14-32)17-18-7-3-1-4-8-18/h1-10,16,21-22,30H,11-15,17H2/t21-,22+/m1/s1. The Balaban J connectivity index is 1.33. The topological polar surface area (TPSA) is 53.4 Å². The van der Waals surface area contributed by atoms with Crippen LogP contribution in [0.25, 0.3) is 0 Å². The lowest BCUT2D eigenvalue weighted by Crippen LogP contribution is -2.48. The third-order valence-corrected chi connectivity index (χ3v) is 6.58. The molecule has 178 valence electrons. The summed E-state index contributed by atoms with van der Waals surface area (Å²) in [5.41, 5.74) is 2.14. The number of rotatable bonds is 4. The van der Waals surface area contributed by atoms with Crippen molar-refractivity contribution < 1.29 is 18.0 Å². The van der Waals surface area contributed by atoms with E-state index in [-0.39, 0.29) is 23.7 Å². The lowest BCUT2D eigenvalue weighted by atomic mass is 9.96. The zero-order valence-corrected chi connectivity index (χ0v) is 18.6. The smallest absolute Gasteiger partial charge is 0.363 e. The van der Waals surface area contributed by atoms with Crippen molar-refractivity contribution in [1.82, 2.24) is 19.6 Å². The highest BCUT2D eigenvalue weighted by Gasteiger charge is 2.47. The van der Waals surface area contributed by atoms with Gasteiger partial charge in [0, 0.05) is 39.1 Å². The zero-order chi connectivity index (χ0) is 23.7. The first-order chi connectivity index (χ1) is 16.4. The summed E-state index contributed by atoms with van der Waals surface area (Å²) < 4.78 is 42.6. The van der Waals surface area contributed by atoms with E-state index in [2.05, 4.69) is 27.4 Å². The van der Waals surface area contributed by atoms with Crippen molar-refractivity contribution in [3.63, 3.8) is 0 Å². The number of hydrogen-bond acceptors (Lipinski definition) is 4. The molecule has 3 aromatic rings. The van der Waals surface area contributed by atoms with Gasteiger partial charge >= 0.3 is 6.18 Å². The maximum atomic E-state index is 13.9. The van der Waals surface area contributed by atoms with Crippen LogP contribution in [-0.2, 0) is 6.54 Å². The van der Waals surface area contributed by atoms with Crippen LogP contribution < -0.4 is 5.32 Å². The predicted molar refractivity (Wildman–Crippen MR) is 122 cm³/mol. The van der Waals surface area contributed by atoms with Crippen LogP contribution >= 0.6 is 0 Å². The van der Waals surface area contributed by atoms with Gasteiger partial charge in [0.25, 0.3) is 5.91 Å². The van der Waals surface area contributed by atoms with Gasteiger partial charge in [0.15, 0.2) is 6.04 Å². The minimum absolute atomic E-state index is 0.138. The summed E-state index contributed by atoms with van der Waals surface area (Å²) in [6.07, 6.45) is -3.39. The third-order valence-electron chi connectivity index (χ3n) is 6.58. The van der Waals surface area contributed by atoms with Gasteiger partial charge in [0.1, 0.15) is 11.4 Å². The molecule has 34 heavy (non-hydrogen) atoms. The molecule has 5 rings (SSSR count). The average Bonchev–Trinajstić information content (AvgIpc) is 3.28. The Bertz CT molecular complexity index is 1120.